The zero-order valence-electron chi connectivity index (χ0n) is 13.2. The lowest BCUT2D eigenvalue weighted by molar-refractivity contribution is -0.384. The largest absolute Gasteiger partial charge is 0.469 e. The number of ether oxygens (including phenoxy) is 1. The van der Waals surface area contributed by atoms with Crippen LogP contribution in [0.15, 0.2) is 54.6 Å². The molecule has 0 aliphatic carbocycles. The molecule has 0 saturated heterocycles. The minimum atomic E-state index is -0.636. The second-order valence-corrected chi connectivity index (χ2v) is 5.25. The Morgan fingerprint density at radius 2 is 1.71 bits per heavy atom. The van der Waals surface area contributed by atoms with Crippen LogP contribution in [0.3, 0.4) is 0 Å². The normalized spacial score (nSPS) is 11.5. The number of non-ortho nitro benzene ring substituents is 1. The van der Waals surface area contributed by atoms with Gasteiger partial charge in [0.05, 0.1) is 18.0 Å². The third kappa shape index (κ3) is 4.25. The van der Waals surface area contributed by atoms with Crippen molar-refractivity contribution in [2.24, 2.45) is 0 Å². The number of hydrogen-bond donors (Lipinski definition) is 0. The van der Waals surface area contributed by atoms with Gasteiger partial charge in [-0.05, 0) is 12.0 Å². The van der Waals surface area contributed by atoms with Gasteiger partial charge in [0.2, 0.25) is 0 Å². The summed E-state index contributed by atoms with van der Waals surface area (Å²) in [6.07, 6.45) is 0.457. The summed E-state index contributed by atoms with van der Waals surface area (Å²) >= 11 is 0. The standard InChI is InChI=1S/C18H17NO5/c1-24-18(21)16(13-7-9-15(10-8-13)19(22)23)11-12-17(20)14-5-3-2-4-6-14/h2-10,16H,11-12H2,1H3. The zero-order valence-corrected chi connectivity index (χ0v) is 13.2. The second-order valence-electron chi connectivity index (χ2n) is 5.25. The molecule has 2 aromatic carbocycles. The predicted molar refractivity (Wildman–Crippen MR) is 87.9 cm³/mol. The molecule has 0 amide bonds. The average molecular weight is 327 g/mol. The molecule has 1 unspecified atom stereocenters. The number of nitrogens with zero attached hydrogens (tertiary/aromatic N) is 1. The minimum absolute atomic E-state index is 0.0530. The van der Waals surface area contributed by atoms with Crippen molar-refractivity contribution in [2.45, 2.75) is 18.8 Å². The maximum absolute atomic E-state index is 12.2. The fourth-order valence-corrected chi connectivity index (χ4v) is 2.44. The lowest BCUT2D eigenvalue weighted by Crippen LogP contribution is -2.16. The van der Waals surface area contributed by atoms with E-state index in [1.165, 1.54) is 31.4 Å². The molecule has 24 heavy (non-hydrogen) atoms. The van der Waals surface area contributed by atoms with Crippen LogP contribution in [-0.2, 0) is 9.53 Å². The summed E-state index contributed by atoms with van der Waals surface area (Å²) in [6.45, 7) is 0. The van der Waals surface area contributed by atoms with Gasteiger partial charge in [-0.3, -0.25) is 19.7 Å². The highest BCUT2D eigenvalue weighted by Crippen LogP contribution is 2.25. The van der Waals surface area contributed by atoms with E-state index < -0.39 is 16.8 Å². The molecular weight excluding hydrogens is 310 g/mol. The highest BCUT2D eigenvalue weighted by Gasteiger charge is 2.23. The number of ketones is 1. The van der Waals surface area contributed by atoms with E-state index in [9.17, 15) is 19.7 Å². The van der Waals surface area contributed by atoms with E-state index in [1.807, 2.05) is 6.07 Å². The molecular formula is C18H17NO5. The summed E-state index contributed by atoms with van der Waals surface area (Å²) in [5.74, 6) is -1.17. The first-order valence-corrected chi connectivity index (χ1v) is 7.43. The molecule has 0 radical (unpaired) electrons. The van der Waals surface area contributed by atoms with Crippen molar-refractivity contribution in [1.82, 2.24) is 0 Å². The third-order valence-electron chi connectivity index (χ3n) is 3.75. The maximum atomic E-state index is 12.2. The van der Waals surface area contributed by atoms with Crippen LogP contribution in [0.2, 0.25) is 0 Å². The van der Waals surface area contributed by atoms with Crippen molar-refractivity contribution in [3.05, 3.63) is 75.8 Å². The van der Waals surface area contributed by atoms with E-state index in [1.54, 1.807) is 24.3 Å². The highest BCUT2D eigenvalue weighted by molar-refractivity contribution is 5.96. The Labute approximate surface area is 139 Å². The Hall–Kier alpha value is -3.02. The molecule has 0 aromatic heterocycles. The van der Waals surface area contributed by atoms with Crippen LogP contribution in [0.25, 0.3) is 0 Å². The summed E-state index contributed by atoms with van der Waals surface area (Å²) < 4.78 is 4.80. The molecule has 0 N–H and O–H groups in total. The van der Waals surface area contributed by atoms with Gasteiger partial charge in [0.1, 0.15) is 0 Å². The Balaban J connectivity index is 2.12. The SMILES string of the molecule is COC(=O)C(CCC(=O)c1ccccc1)c1ccc([N+](=O)[O-])cc1. The molecule has 0 fully saturated rings. The first-order chi connectivity index (χ1) is 11.5. The summed E-state index contributed by atoms with van der Waals surface area (Å²) in [4.78, 5) is 34.4. The number of nitro benzene ring substituents is 1. The topological polar surface area (TPSA) is 86.5 Å². The molecule has 2 rings (SSSR count). The average Bonchev–Trinajstić information content (AvgIpc) is 2.62. The Morgan fingerprint density at radius 1 is 1.08 bits per heavy atom. The summed E-state index contributed by atoms with van der Waals surface area (Å²) in [5, 5.41) is 10.7. The van der Waals surface area contributed by atoms with Crippen LogP contribution in [0.5, 0.6) is 0 Å². The number of Topliss-reactive ketones (excluding diaryl/α,β-unsaturated/α-hetero) is 1. The molecule has 0 spiro atoms. The van der Waals surface area contributed by atoms with Gasteiger partial charge in [0.25, 0.3) is 5.69 Å². The van der Waals surface area contributed by atoms with Crippen LogP contribution in [0.4, 0.5) is 5.69 Å². The highest BCUT2D eigenvalue weighted by atomic mass is 16.6. The fourth-order valence-electron chi connectivity index (χ4n) is 2.44. The number of nitro groups is 1. The van der Waals surface area contributed by atoms with E-state index in [4.69, 9.17) is 4.74 Å². The zero-order chi connectivity index (χ0) is 17.5. The van der Waals surface area contributed by atoms with Crippen LogP contribution >= 0.6 is 0 Å². The summed E-state index contributed by atoms with van der Waals surface area (Å²) in [6, 6.07) is 14.5. The number of benzene rings is 2. The van der Waals surface area contributed by atoms with Gasteiger partial charge in [0, 0.05) is 24.1 Å². The van der Waals surface area contributed by atoms with Crippen LogP contribution in [0, 0.1) is 10.1 Å². The molecule has 0 aliphatic rings. The van der Waals surface area contributed by atoms with Crippen molar-refractivity contribution in [3.63, 3.8) is 0 Å². The number of hydrogen-bond acceptors (Lipinski definition) is 5. The third-order valence-corrected chi connectivity index (χ3v) is 3.75. The van der Waals surface area contributed by atoms with Crippen LogP contribution in [0.1, 0.15) is 34.7 Å². The van der Waals surface area contributed by atoms with Crippen LogP contribution < -0.4 is 0 Å². The van der Waals surface area contributed by atoms with E-state index in [0.717, 1.165) is 0 Å². The molecule has 0 saturated carbocycles. The fraction of sp³-hybridized carbons (Fsp3) is 0.222. The van der Waals surface area contributed by atoms with Crippen molar-refractivity contribution < 1.29 is 19.2 Å². The van der Waals surface area contributed by atoms with Gasteiger partial charge in [-0.25, -0.2) is 0 Å². The van der Waals surface area contributed by atoms with Crippen molar-refractivity contribution >= 4 is 17.4 Å². The van der Waals surface area contributed by atoms with Gasteiger partial charge in [-0.2, -0.15) is 0 Å². The predicted octanol–water partition coefficient (Wildman–Crippen LogP) is 3.51. The van der Waals surface area contributed by atoms with Gasteiger partial charge in [-0.1, -0.05) is 42.5 Å². The van der Waals surface area contributed by atoms with Gasteiger partial charge < -0.3 is 4.74 Å². The van der Waals surface area contributed by atoms with Crippen molar-refractivity contribution in [2.75, 3.05) is 7.11 Å². The van der Waals surface area contributed by atoms with Crippen molar-refractivity contribution in [3.8, 4) is 0 Å². The van der Waals surface area contributed by atoms with E-state index in [2.05, 4.69) is 0 Å². The van der Waals surface area contributed by atoms with Crippen molar-refractivity contribution in [1.29, 1.82) is 0 Å². The van der Waals surface area contributed by atoms with E-state index in [0.29, 0.717) is 11.1 Å². The van der Waals surface area contributed by atoms with Crippen LogP contribution in [-0.4, -0.2) is 23.8 Å². The lowest BCUT2D eigenvalue weighted by Gasteiger charge is -2.14. The molecule has 6 heteroatoms. The lowest BCUT2D eigenvalue weighted by atomic mass is 9.92. The molecule has 124 valence electrons. The summed E-state index contributed by atoms with van der Waals surface area (Å²) in [5.41, 5.74) is 1.13. The molecule has 2 aromatic rings. The Kier molecular flexibility index (Phi) is 5.78. The molecule has 1 atom stereocenters. The number of rotatable bonds is 7. The number of carbonyl (C=O) groups is 2. The quantitative estimate of drug-likeness (QED) is 0.336. The van der Waals surface area contributed by atoms with E-state index >= 15 is 0 Å². The minimum Gasteiger partial charge on any atom is -0.469 e. The van der Waals surface area contributed by atoms with Gasteiger partial charge in [-0.15, -0.1) is 0 Å². The van der Waals surface area contributed by atoms with Gasteiger partial charge >= 0.3 is 5.97 Å². The summed E-state index contributed by atoms with van der Waals surface area (Å²) in [7, 11) is 1.28. The number of carbonyl (C=O) groups excluding carboxylic acids is 2. The van der Waals surface area contributed by atoms with Gasteiger partial charge in [0.15, 0.2) is 5.78 Å². The second kappa shape index (κ2) is 8.01. The number of esters is 1. The monoisotopic (exact) mass is 327 g/mol. The smallest absolute Gasteiger partial charge is 0.313 e. The molecule has 0 aliphatic heterocycles. The molecule has 0 bridgehead atoms. The Bertz CT molecular complexity index is 725. The molecule has 0 heterocycles. The van der Waals surface area contributed by atoms with E-state index in [-0.39, 0.29) is 24.3 Å². The maximum Gasteiger partial charge on any atom is 0.313 e. The molecule has 6 nitrogen and oxygen atoms in total. The number of methoxy groups -OCH3 is 1. The first-order valence-electron chi connectivity index (χ1n) is 7.43. The first kappa shape index (κ1) is 17.3. The Morgan fingerprint density at radius 3 is 2.25 bits per heavy atom.